The monoisotopic (exact) mass is 283 g/mol. The summed E-state index contributed by atoms with van der Waals surface area (Å²) in [6, 6.07) is 5.15. The molecule has 5 nitrogen and oxygen atoms in total. The largest absolute Gasteiger partial charge is 0.339 e. The maximum Gasteiger partial charge on any atom is 0.239 e. The Balaban J connectivity index is 2.36. The topological polar surface area (TPSA) is 75.9 Å². The first-order valence-corrected chi connectivity index (χ1v) is 5.88. The van der Waals surface area contributed by atoms with E-state index in [1.54, 1.807) is 24.4 Å². The van der Waals surface area contributed by atoms with Gasteiger partial charge in [0.15, 0.2) is 0 Å². The van der Waals surface area contributed by atoms with E-state index in [0.717, 1.165) is 5.56 Å². The van der Waals surface area contributed by atoms with Gasteiger partial charge in [0, 0.05) is 16.8 Å². The molecule has 1 aromatic heterocycles. The fourth-order valence-electron chi connectivity index (χ4n) is 1.36. The Morgan fingerprint density at radius 3 is 2.78 bits per heavy atom. The lowest BCUT2D eigenvalue weighted by Gasteiger charge is -2.11. The number of nitrogens with one attached hydrogen (secondary N) is 2. The van der Waals surface area contributed by atoms with Gasteiger partial charge in [-0.3, -0.25) is 5.43 Å². The fraction of sp³-hybridized carbons (Fsp3) is 0.0909. The Morgan fingerprint density at radius 2 is 2.06 bits per heavy atom. The summed E-state index contributed by atoms with van der Waals surface area (Å²) in [5.74, 6) is 6.20. The van der Waals surface area contributed by atoms with E-state index in [1.807, 2.05) is 6.92 Å². The minimum Gasteiger partial charge on any atom is -0.339 e. The first kappa shape index (κ1) is 12.9. The minimum atomic E-state index is 0.321. The molecule has 2 aromatic rings. The van der Waals surface area contributed by atoms with Gasteiger partial charge in [-0.2, -0.15) is 4.98 Å². The minimum absolute atomic E-state index is 0.321. The number of aryl methyl sites for hydroxylation is 1. The lowest BCUT2D eigenvalue weighted by molar-refractivity contribution is 1.09. The van der Waals surface area contributed by atoms with Crippen molar-refractivity contribution in [1.82, 2.24) is 9.97 Å². The average Bonchev–Trinajstić information content (AvgIpc) is 2.36. The van der Waals surface area contributed by atoms with Crippen LogP contribution in [0.2, 0.25) is 10.0 Å². The molecular weight excluding hydrogens is 273 g/mol. The summed E-state index contributed by atoms with van der Waals surface area (Å²) >= 11 is 12.0. The van der Waals surface area contributed by atoms with E-state index in [-0.39, 0.29) is 0 Å². The molecule has 0 aliphatic carbocycles. The van der Waals surface area contributed by atoms with E-state index in [0.29, 0.717) is 27.5 Å². The molecule has 0 fully saturated rings. The predicted molar refractivity (Wildman–Crippen MR) is 74.3 cm³/mol. The molecule has 7 heteroatoms. The molecule has 0 atom stereocenters. The Labute approximate surface area is 114 Å². The maximum atomic E-state index is 6.07. The van der Waals surface area contributed by atoms with Crippen LogP contribution in [-0.4, -0.2) is 9.97 Å². The van der Waals surface area contributed by atoms with Crippen molar-refractivity contribution < 1.29 is 0 Å². The summed E-state index contributed by atoms with van der Waals surface area (Å²) in [5, 5.41) is 4.24. The summed E-state index contributed by atoms with van der Waals surface area (Å²) in [6.07, 6.45) is 1.66. The van der Waals surface area contributed by atoms with Crippen LogP contribution in [0.4, 0.5) is 17.5 Å². The highest BCUT2D eigenvalue weighted by Crippen LogP contribution is 2.28. The van der Waals surface area contributed by atoms with Gasteiger partial charge in [0.05, 0.1) is 10.7 Å². The summed E-state index contributed by atoms with van der Waals surface area (Å²) in [7, 11) is 0. The average molecular weight is 284 g/mol. The van der Waals surface area contributed by atoms with Gasteiger partial charge in [-0.05, 0) is 25.1 Å². The van der Waals surface area contributed by atoms with E-state index < -0.39 is 0 Å². The second-order valence-electron chi connectivity index (χ2n) is 3.62. The van der Waals surface area contributed by atoms with Crippen LogP contribution in [0.25, 0.3) is 0 Å². The third kappa shape index (κ3) is 2.81. The van der Waals surface area contributed by atoms with Gasteiger partial charge in [-0.25, -0.2) is 10.8 Å². The highest BCUT2D eigenvalue weighted by Gasteiger charge is 2.06. The number of halogens is 2. The predicted octanol–water partition coefficient (Wildman–Crippen LogP) is 3.12. The van der Waals surface area contributed by atoms with Gasteiger partial charge in [0.1, 0.15) is 5.82 Å². The van der Waals surface area contributed by atoms with Crippen molar-refractivity contribution in [3.05, 3.63) is 40.0 Å². The van der Waals surface area contributed by atoms with Crippen LogP contribution in [0.5, 0.6) is 0 Å². The second kappa shape index (κ2) is 5.39. The van der Waals surface area contributed by atoms with Gasteiger partial charge in [0.2, 0.25) is 5.95 Å². The Kier molecular flexibility index (Phi) is 3.86. The van der Waals surface area contributed by atoms with Crippen molar-refractivity contribution in [3.63, 3.8) is 0 Å². The number of nitrogen functional groups attached to an aromatic ring is 1. The van der Waals surface area contributed by atoms with E-state index in [9.17, 15) is 0 Å². The molecule has 0 spiro atoms. The number of hydrazine groups is 1. The summed E-state index contributed by atoms with van der Waals surface area (Å²) in [5.41, 5.74) is 3.93. The van der Waals surface area contributed by atoms with Gasteiger partial charge < -0.3 is 5.32 Å². The molecule has 0 radical (unpaired) electrons. The highest BCUT2D eigenvalue weighted by atomic mass is 35.5. The summed E-state index contributed by atoms with van der Waals surface area (Å²) < 4.78 is 0. The molecule has 0 aliphatic heterocycles. The molecule has 0 amide bonds. The molecule has 18 heavy (non-hydrogen) atoms. The second-order valence-corrected chi connectivity index (χ2v) is 4.46. The van der Waals surface area contributed by atoms with Crippen molar-refractivity contribution in [3.8, 4) is 0 Å². The molecule has 1 aromatic carbocycles. The van der Waals surface area contributed by atoms with Crippen molar-refractivity contribution in [2.24, 2.45) is 5.84 Å². The molecule has 4 N–H and O–H groups in total. The van der Waals surface area contributed by atoms with Crippen LogP contribution in [0.15, 0.2) is 24.4 Å². The van der Waals surface area contributed by atoms with Crippen LogP contribution in [0.3, 0.4) is 0 Å². The van der Waals surface area contributed by atoms with Gasteiger partial charge >= 0.3 is 0 Å². The van der Waals surface area contributed by atoms with Crippen molar-refractivity contribution in [2.75, 3.05) is 10.7 Å². The summed E-state index contributed by atoms with van der Waals surface area (Å²) in [6.45, 7) is 1.88. The van der Waals surface area contributed by atoms with Crippen LogP contribution in [0.1, 0.15) is 5.56 Å². The SMILES string of the molecule is Cc1cnc(NN)nc1Nc1cc(Cl)ccc1Cl. The number of benzene rings is 1. The molecular formula is C11H11Cl2N5. The first-order valence-electron chi connectivity index (χ1n) is 5.12. The lowest BCUT2D eigenvalue weighted by atomic mass is 10.3. The third-order valence-corrected chi connectivity index (χ3v) is 2.85. The van der Waals surface area contributed by atoms with Crippen molar-refractivity contribution >= 4 is 40.7 Å². The Bertz CT molecular complexity index is 573. The van der Waals surface area contributed by atoms with Gasteiger partial charge in [-0.1, -0.05) is 23.2 Å². The molecule has 0 saturated heterocycles. The third-order valence-electron chi connectivity index (χ3n) is 2.28. The number of aromatic nitrogens is 2. The molecule has 1 heterocycles. The molecule has 0 saturated carbocycles. The number of nitrogens with two attached hydrogens (primary N) is 1. The van der Waals surface area contributed by atoms with E-state index in [1.165, 1.54) is 0 Å². The quantitative estimate of drug-likeness (QED) is 0.596. The van der Waals surface area contributed by atoms with Crippen molar-refractivity contribution in [2.45, 2.75) is 6.92 Å². The maximum absolute atomic E-state index is 6.07. The smallest absolute Gasteiger partial charge is 0.239 e. The van der Waals surface area contributed by atoms with Crippen LogP contribution >= 0.6 is 23.2 Å². The zero-order valence-corrected chi connectivity index (χ0v) is 11.0. The number of nitrogens with zero attached hydrogens (tertiary/aromatic N) is 2. The van der Waals surface area contributed by atoms with E-state index in [4.69, 9.17) is 29.0 Å². The van der Waals surface area contributed by atoms with Crippen LogP contribution in [-0.2, 0) is 0 Å². The van der Waals surface area contributed by atoms with Crippen molar-refractivity contribution in [1.29, 1.82) is 0 Å². The highest BCUT2D eigenvalue weighted by molar-refractivity contribution is 6.35. The molecule has 0 bridgehead atoms. The Morgan fingerprint density at radius 1 is 1.28 bits per heavy atom. The van der Waals surface area contributed by atoms with Crippen LogP contribution in [0, 0.1) is 6.92 Å². The van der Waals surface area contributed by atoms with E-state index >= 15 is 0 Å². The number of hydrogen-bond acceptors (Lipinski definition) is 5. The standard InChI is InChI=1S/C11H11Cl2N5/c1-6-5-15-11(18-14)17-10(6)16-9-4-7(12)2-3-8(9)13/h2-5H,14H2,1H3,(H2,15,16,17,18). The fourth-order valence-corrected chi connectivity index (χ4v) is 1.70. The number of rotatable bonds is 3. The molecule has 0 unspecified atom stereocenters. The summed E-state index contributed by atoms with van der Waals surface area (Å²) in [4.78, 5) is 8.19. The molecule has 0 aliphatic rings. The zero-order chi connectivity index (χ0) is 13.1. The van der Waals surface area contributed by atoms with Gasteiger partial charge in [-0.15, -0.1) is 0 Å². The van der Waals surface area contributed by atoms with Crippen LogP contribution < -0.4 is 16.6 Å². The first-order chi connectivity index (χ1) is 8.60. The number of hydrogen-bond donors (Lipinski definition) is 3. The molecule has 2 rings (SSSR count). The zero-order valence-electron chi connectivity index (χ0n) is 9.54. The van der Waals surface area contributed by atoms with Gasteiger partial charge in [0.25, 0.3) is 0 Å². The number of anilines is 3. The lowest BCUT2D eigenvalue weighted by Crippen LogP contribution is -2.11. The normalized spacial score (nSPS) is 10.2. The Hall–Kier alpha value is -1.56. The van der Waals surface area contributed by atoms with E-state index in [2.05, 4.69) is 20.7 Å². The molecule has 94 valence electrons.